The molecule has 0 aliphatic rings. The van der Waals surface area contributed by atoms with Crippen molar-refractivity contribution < 1.29 is 9.59 Å². The molecule has 4 heteroatoms. The van der Waals surface area contributed by atoms with Gasteiger partial charge in [-0.1, -0.05) is 30.3 Å². The maximum absolute atomic E-state index is 10.6. The number of carbonyl (C=O) groups is 2. The summed E-state index contributed by atoms with van der Waals surface area (Å²) in [6, 6.07) is 9.86. The van der Waals surface area contributed by atoms with E-state index >= 15 is 0 Å². The molecule has 4 nitrogen and oxygen atoms in total. The zero-order valence-corrected chi connectivity index (χ0v) is 9.19. The summed E-state index contributed by atoms with van der Waals surface area (Å²) in [6.45, 7) is 0.630. The van der Waals surface area contributed by atoms with Gasteiger partial charge >= 0.3 is 0 Å². The molecule has 0 unspecified atom stereocenters. The topological polar surface area (TPSA) is 52.0 Å². The van der Waals surface area contributed by atoms with Crippen LogP contribution in [0.1, 0.15) is 17.0 Å². The number of benzene rings is 1. The van der Waals surface area contributed by atoms with E-state index in [0.29, 0.717) is 24.7 Å². The van der Waals surface area contributed by atoms with Crippen molar-refractivity contribution in [2.24, 2.45) is 0 Å². The van der Waals surface area contributed by atoms with Crippen molar-refractivity contribution in [3.63, 3.8) is 0 Å². The minimum atomic E-state index is -0.709. The van der Waals surface area contributed by atoms with E-state index in [9.17, 15) is 9.59 Å². The minimum absolute atomic E-state index is 0.622. The molecule has 0 spiro atoms. The van der Waals surface area contributed by atoms with Crippen LogP contribution in [0.15, 0.2) is 42.7 Å². The number of hydrogen-bond acceptors (Lipinski definition) is 3. The second-order valence-corrected chi connectivity index (χ2v) is 3.75. The third-order valence-electron chi connectivity index (χ3n) is 2.52. The molecule has 2 aromatic rings. The highest BCUT2D eigenvalue weighted by Gasteiger charge is 2.11. The van der Waals surface area contributed by atoms with E-state index in [-0.39, 0.29) is 0 Å². The van der Waals surface area contributed by atoms with Crippen LogP contribution >= 0.6 is 0 Å². The summed E-state index contributed by atoms with van der Waals surface area (Å²) in [5.74, 6) is -0.709. The summed E-state index contributed by atoms with van der Waals surface area (Å²) in [5.41, 5.74) is 1.75. The Kier molecular flexibility index (Phi) is 3.45. The Bertz CT molecular complexity index is 497. The highest BCUT2D eigenvalue weighted by atomic mass is 16.1. The number of rotatable bonds is 5. The lowest BCUT2D eigenvalue weighted by Crippen LogP contribution is -2.01. The summed E-state index contributed by atoms with van der Waals surface area (Å²) in [6.07, 6.45) is 4.52. The largest absolute Gasteiger partial charge is 0.302 e. The van der Waals surface area contributed by atoms with E-state index in [0.717, 1.165) is 5.56 Å². The third-order valence-corrected chi connectivity index (χ3v) is 2.52. The maximum Gasteiger partial charge on any atom is 0.134 e. The van der Waals surface area contributed by atoms with Crippen LogP contribution < -0.4 is 0 Å². The molecule has 0 aliphatic heterocycles. The molecule has 2 rings (SSSR count). The lowest BCUT2D eigenvalue weighted by Gasteiger charge is -2.01. The Balaban J connectivity index is 2.14. The lowest BCUT2D eigenvalue weighted by molar-refractivity contribution is -0.116. The number of carbonyl (C=O) groups excluding carboxylic acids is 2. The Morgan fingerprint density at radius 3 is 2.53 bits per heavy atom. The molecular formula is C13H12N2O2. The highest BCUT2D eigenvalue weighted by molar-refractivity contribution is 5.84. The fourth-order valence-corrected chi connectivity index (χ4v) is 1.60. The predicted molar refractivity (Wildman–Crippen MR) is 62.6 cm³/mol. The average molecular weight is 228 g/mol. The van der Waals surface area contributed by atoms with Crippen LogP contribution in [-0.2, 0) is 16.1 Å². The maximum atomic E-state index is 10.6. The van der Waals surface area contributed by atoms with Crippen molar-refractivity contribution >= 4 is 12.6 Å². The Morgan fingerprint density at radius 2 is 1.88 bits per heavy atom. The van der Waals surface area contributed by atoms with Gasteiger partial charge in [-0.2, -0.15) is 5.10 Å². The molecule has 0 bridgehead atoms. The number of nitrogens with zero attached hydrogens (tertiary/aromatic N) is 2. The fraction of sp³-hybridized carbons (Fsp3) is 0.154. The molecule has 0 aliphatic carbocycles. The van der Waals surface area contributed by atoms with E-state index in [2.05, 4.69) is 5.10 Å². The quantitative estimate of drug-likeness (QED) is 0.574. The molecule has 0 N–H and O–H groups in total. The summed E-state index contributed by atoms with van der Waals surface area (Å²) < 4.78 is 1.71. The zero-order chi connectivity index (χ0) is 12.1. The van der Waals surface area contributed by atoms with Gasteiger partial charge in [-0.3, -0.25) is 4.68 Å². The normalized spacial score (nSPS) is 10.4. The van der Waals surface area contributed by atoms with Gasteiger partial charge < -0.3 is 9.59 Å². The van der Waals surface area contributed by atoms with Gasteiger partial charge in [0.15, 0.2) is 0 Å². The first-order valence-electron chi connectivity index (χ1n) is 5.30. The molecule has 0 amide bonds. The van der Waals surface area contributed by atoms with Gasteiger partial charge in [0.05, 0.1) is 18.7 Å². The van der Waals surface area contributed by atoms with Gasteiger partial charge in [-0.05, 0) is 5.56 Å². The van der Waals surface area contributed by atoms with Crippen molar-refractivity contribution in [3.8, 4) is 0 Å². The number of hydrogen-bond donors (Lipinski definition) is 0. The highest BCUT2D eigenvalue weighted by Crippen LogP contribution is 2.10. The summed E-state index contributed by atoms with van der Waals surface area (Å²) >= 11 is 0. The minimum Gasteiger partial charge on any atom is -0.302 e. The van der Waals surface area contributed by atoms with Crippen LogP contribution in [0, 0.1) is 0 Å². The summed E-state index contributed by atoms with van der Waals surface area (Å²) in [7, 11) is 0. The van der Waals surface area contributed by atoms with Crippen LogP contribution in [0.3, 0.4) is 0 Å². The number of aromatic nitrogens is 2. The molecule has 0 saturated carbocycles. The van der Waals surface area contributed by atoms with Crippen LogP contribution in [-0.4, -0.2) is 22.4 Å². The van der Waals surface area contributed by atoms with Crippen LogP contribution in [0.5, 0.6) is 0 Å². The second kappa shape index (κ2) is 5.21. The Hall–Kier alpha value is -2.23. The van der Waals surface area contributed by atoms with E-state index in [4.69, 9.17) is 0 Å². The summed E-state index contributed by atoms with van der Waals surface area (Å²) in [4.78, 5) is 21.3. The second-order valence-electron chi connectivity index (χ2n) is 3.75. The summed E-state index contributed by atoms with van der Waals surface area (Å²) in [5, 5.41) is 4.13. The van der Waals surface area contributed by atoms with Crippen LogP contribution in [0.2, 0.25) is 0 Å². The smallest absolute Gasteiger partial charge is 0.134 e. The van der Waals surface area contributed by atoms with Crippen molar-refractivity contribution in [3.05, 3.63) is 53.9 Å². The standard InChI is InChI=1S/C13H12N2O2/c16-9-13(10-17)12-6-14-15(8-12)7-11-4-2-1-3-5-11/h1-6,8-10,13H,7H2. The van der Waals surface area contributed by atoms with Crippen molar-refractivity contribution in [2.45, 2.75) is 12.5 Å². The first kappa shape index (κ1) is 11.3. The van der Waals surface area contributed by atoms with E-state index in [1.165, 1.54) is 0 Å². The predicted octanol–water partition coefficient (Wildman–Crippen LogP) is 1.41. The molecule has 0 radical (unpaired) electrons. The SMILES string of the molecule is O=CC(C=O)c1cnn(Cc2ccccc2)c1. The molecule has 1 aromatic carbocycles. The molecule has 86 valence electrons. The lowest BCUT2D eigenvalue weighted by atomic mass is 10.1. The van der Waals surface area contributed by atoms with Crippen LogP contribution in [0.25, 0.3) is 0 Å². The monoisotopic (exact) mass is 228 g/mol. The van der Waals surface area contributed by atoms with Crippen molar-refractivity contribution in [2.75, 3.05) is 0 Å². The fourth-order valence-electron chi connectivity index (χ4n) is 1.60. The molecule has 0 atom stereocenters. The van der Waals surface area contributed by atoms with Gasteiger partial charge in [0, 0.05) is 11.8 Å². The average Bonchev–Trinajstić information content (AvgIpc) is 2.81. The van der Waals surface area contributed by atoms with Gasteiger partial charge in [0.25, 0.3) is 0 Å². The molecule has 17 heavy (non-hydrogen) atoms. The van der Waals surface area contributed by atoms with E-state index in [1.54, 1.807) is 17.1 Å². The van der Waals surface area contributed by atoms with Gasteiger partial charge in [0.1, 0.15) is 12.6 Å². The molecular weight excluding hydrogens is 216 g/mol. The third kappa shape index (κ3) is 2.66. The molecule has 1 heterocycles. The first-order chi connectivity index (χ1) is 8.33. The molecule has 0 saturated heterocycles. The Morgan fingerprint density at radius 1 is 1.18 bits per heavy atom. The van der Waals surface area contributed by atoms with Crippen LogP contribution in [0.4, 0.5) is 0 Å². The molecule has 0 fully saturated rings. The molecule has 1 aromatic heterocycles. The zero-order valence-electron chi connectivity index (χ0n) is 9.19. The Labute approximate surface area is 98.9 Å². The number of aldehydes is 2. The van der Waals surface area contributed by atoms with Crippen molar-refractivity contribution in [1.82, 2.24) is 9.78 Å². The van der Waals surface area contributed by atoms with Gasteiger partial charge in [0.2, 0.25) is 0 Å². The van der Waals surface area contributed by atoms with E-state index < -0.39 is 5.92 Å². The van der Waals surface area contributed by atoms with Crippen molar-refractivity contribution in [1.29, 1.82) is 0 Å². The van der Waals surface area contributed by atoms with E-state index in [1.807, 2.05) is 30.3 Å². The van der Waals surface area contributed by atoms with Gasteiger partial charge in [-0.25, -0.2) is 0 Å². The van der Waals surface area contributed by atoms with Gasteiger partial charge in [-0.15, -0.1) is 0 Å². The first-order valence-corrected chi connectivity index (χ1v) is 5.30.